The molecule has 0 bridgehead atoms. The normalized spacial score (nSPS) is 32.0. The Labute approximate surface area is 193 Å². The zero-order valence-electron chi connectivity index (χ0n) is 18.8. The van der Waals surface area contributed by atoms with Crippen molar-refractivity contribution < 1.29 is 32.5 Å². The van der Waals surface area contributed by atoms with E-state index in [1.165, 1.54) is 29.4 Å². The van der Waals surface area contributed by atoms with E-state index in [4.69, 9.17) is 9.15 Å². The fourth-order valence-electron chi connectivity index (χ4n) is 5.32. The Balaban J connectivity index is 1.38. The number of aromatic nitrogens is 3. The van der Waals surface area contributed by atoms with E-state index in [1.807, 2.05) is 6.92 Å². The molecule has 3 heterocycles. The number of alkyl halides is 3. The van der Waals surface area contributed by atoms with E-state index in [9.17, 15) is 23.4 Å². The van der Waals surface area contributed by atoms with Crippen LogP contribution in [0, 0.1) is 0 Å². The van der Waals surface area contributed by atoms with Crippen molar-refractivity contribution in [3.63, 3.8) is 0 Å². The average Bonchev–Trinajstić information content (AvgIpc) is 3.39. The topological polar surface area (TPSA) is 106 Å². The lowest BCUT2D eigenvalue weighted by Crippen LogP contribution is -2.53. The summed E-state index contributed by atoms with van der Waals surface area (Å²) >= 11 is 0. The van der Waals surface area contributed by atoms with Crippen molar-refractivity contribution in [1.82, 2.24) is 19.9 Å². The van der Waals surface area contributed by atoms with E-state index < -0.39 is 22.9 Å². The van der Waals surface area contributed by atoms with Gasteiger partial charge >= 0.3 is 6.18 Å². The Morgan fingerprint density at radius 3 is 2.62 bits per heavy atom. The molecule has 1 aliphatic carbocycles. The van der Waals surface area contributed by atoms with Gasteiger partial charge in [-0.25, -0.2) is 9.97 Å². The van der Waals surface area contributed by atoms with Gasteiger partial charge in [-0.15, -0.1) is 0 Å². The number of fused-ring (bicyclic) bond motifs is 1. The molecule has 3 atom stereocenters. The quantitative estimate of drug-likeness (QED) is 0.513. The highest BCUT2D eigenvalue weighted by molar-refractivity contribution is 5.82. The average molecular weight is 480 g/mol. The number of oxazole rings is 1. The lowest BCUT2D eigenvalue weighted by molar-refractivity contribution is -0.136. The zero-order chi connectivity index (χ0) is 24.3. The Kier molecular flexibility index (Phi) is 5.41. The maximum absolute atomic E-state index is 14.0. The van der Waals surface area contributed by atoms with Gasteiger partial charge in [0.05, 0.1) is 34.7 Å². The largest absolute Gasteiger partial charge is 0.492 e. The zero-order valence-corrected chi connectivity index (χ0v) is 18.8. The molecule has 184 valence electrons. The highest BCUT2D eigenvalue weighted by atomic mass is 19.4. The monoisotopic (exact) mass is 480 g/mol. The van der Waals surface area contributed by atoms with Crippen LogP contribution in [0.1, 0.15) is 57.0 Å². The van der Waals surface area contributed by atoms with E-state index in [-0.39, 0.29) is 53.8 Å². The Morgan fingerprint density at radius 2 is 1.97 bits per heavy atom. The third-order valence-corrected chi connectivity index (χ3v) is 6.72. The van der Waals surface area contributed by atoms with Crippen LogP contribution >= 0.6 is 0 Å². The summed E-state index contributed by atoms with van der Waals surface area (Å²) in [6, 6.07) is 1.82. The minimum absolute atomic E-state index is 0.0111. The first-order valence-corrected chi connectivity index (χ1v) is 11.2. The van der Waals surface area contributed by atoms with Crippen LogP contribution in [0.5, 0.6) is 5.75 Å². The van der Waals surface area contributed by atoms with Crippen molar-refractivity contribution in [2.45, 2.75) is 75.0 Å². The van der Waals surface area contributed by atoms with E-state index in [0.29, 0.717) is 19.3 Å². The molecule has 1 saturated heterocycles. The maximum atomic E-state index is 14.0. The highest BCUT2D eigenvalue weighted by Gasteiger charge is 2.44. The first-order chi connectivity index (χ1) is 15.9. The van der Waals surface area contributed by atoms with Crippen molar-refractivity contribution in [3.8, 4) is 5.75 Å². The SMILES string of the molecule is CC1CC(O)(c2ncco2)CC(COc2cc(C(F)(F)F)c3c(c2)ncn3C2CC(C)(O)C2)N1. The smallest absolute Gasteiger partial charge is 0.418 e. The van der Waals surface area contributed by atoms with Gasteiger partial charge in [-0.1, -0.05) is 0 Å². The molecule has 2 fully saturated rings. The van der Waals surface area contributed by atoms with Crippen LogP contribution in [0.15, 0.2) is 35.3 Å². The third-order valence-electron chi connectivity index (χ3n) is 6.72. The van der Waals surface area contributed by atoms with Crippen molar-refractivity contribution in [2.75, 3.05) is 6.61 Å². The standard InChI is InChI=1S/C23H27F3N4O4/c1-13-7-22(32,20-27-3-4-33-20)8-14(29-13)11-34-16-5-17(23(24,25)26)19-18(6-16)28-12-30(19)15-9-21(2,31)10-15/h3-6,12-15,29,31-32H,7-11H2,1-2H3. The van der Waals surface area contributed by atoms with E-state index in [2.05, 4.69) is 15.3 Å². The number of piperidine rings is 1. The van der Waals surface area contributed by atoms with Gasteiger partial charge in [0, 0.05) is 37.0 Å². The summed E-state index contributed by atoms with van der Waals surface area (Å²) < 4.78 is 54.5. The molecule has 0 spiro atoms. The Hall–Kier alpha value is -2.63. The van der Waals surface area contributed by atoms with Crippen LogP contribution < -0.4 is 10.1 Å². The van der Waals surface area contributed by atoms with Crippen LogP contribution in [-0.2, 0) is 11.8 Å². The predicted octanol–water partition coefficient (Wildman–Crippen LogP) is 3.54. The molecule has 5 rings (SSSR count). The summed E-state index contributed by atoms with van der Waals surface area (Å²) in [5, 5.41) is 24.4. The fraction of sp³-hybridized carbons (Fsp3) is 0.565. The van der Waals surface area contributed by atoms with Crippen LogP contribution in [-0.4, -0.2) is 49.0 Å². The summed E-state index contributed by atoms with van der Waals surface area (Å²) in [5.41, 5.74) is -2.82. The van der Waals surface area contributed by atoms with E-state index in [1.54, 1.807) is 6.92 Å². The van der Waals surface area contributed by atoms with Crippen molar-refractivity contribution in [2.24, 2.45) is 0 Å². The number of halogens is 3. The number of aliphatic hydroxyl groups is 2. The summed E-state index contributed by atoms with van der Waals surface area (Å²) in [6.07, 6.45) is 1.00. The number of ether oxygens (including phenoxy) is 1. The minimum atomic E-state index is -4.61. The molecule has 1 aromatic carbocycles. The lowest BCUT2D eigenvalue weighted by atomic mass is 9.77. The molecular formula is C23H27F3N4O4. The second-order valence-electron chi connectivity index (χ2n) is 9.90. The molecule has 3 N–H and O–H groups in total. The molecule has 2 aliphatic rings. The van der Waals surface area contributed by atoms with Crippen LogP contribution in [0.2, 0.25) is 0 Å². The number of nitrogens with zero attached hydrogens (tertiary/aromatic N) is 3. The van der Waals surface area contributed by atoms with Crippen molar-refractivity contribution in [3.05, 3.63) is 42.4 Å². The molecule has 0 amide bonds. The van der Waals surface area contributed by atoms with Gasteiger partial charge in [0.1, 0.15) is 24.2 Å². The van der Waals surface area contributed by atoms with Crippen molar-refractivity contribution in [1.29, 1.82) is 0 Å². The summed E-state index contributed by atoms with van der Waals surface area (Å²) in [7, 11) is 0. The first-order valence-electron chi connectivity index (χ1n) is 11.2. The number of nitrogens with one attached hydrogen (secondary N) is 1. The maximum Gasteiger partial charge on any atom is 0.418 e. The van der Waals surface area contributed by atoms with Gasteiger partial charge in [-0.05, 0) is 32.8 Å². The highest BCUT2D eigenvalue weighted by Crippen LogP contribution is 2.45. The van der Waals surface area contributed by atoms with Crippen LogP contribution in [0.4, 0.5) is 13.2 Å². The Morgan fingerprint density at radius 1 is 1.21 bits per heavy atom. The number of hydrogen-bond acceptors (Lipinski definition) is 7. The molecule has 3 unspecified atom stereocenters. The number of rotatable bonds is 5. The molecular weight excluding hydrogens is 453 g/mol. The van der Waals surface area contributed by atoms with Gasteiger partial charge in [0.15, 0.2) is 0 Å². The second kappa shape index (κ2) is 7.96. The third kappa shape index (κ3) is 4.27. The molecule has 1 aliphatic heterocycles. The molecule has 11 heteroatoms. The summed E-state index contributed by atoms with van der Waals surface area (Å²) in [6.45, 7) is 3.61. The fourth-order valence-corrected chi connectivity index (χ4v) is 5.32. The second-order valence-corrected chi connectivity index (χ2v) is 9.90. The van der Waals surface area contributed by atoms with Gasteiger partial charge < -0.3 is 29.3 Å². The van der Waals surface area contributed by atoms with Crippen LogP contribution in [0.3, 0.4) is 0 Å². The summed E-state index contributed by atoms with van der Waals surface area (Å²) in [5.74, 6) is 0.262. The van der Waals surface area contributed by atoms with E-state index in [0.717, 1.165) is 6.07 Å². The van der Waals surface area contributed by atoms with Crippen molar-refractivity contribution >= 4 is 11.0 Å². The number of hydrogen-bond donors (Lipinski definition) is 3. The molecule has 3 aromatic rings. The molecule has 2 aromatic heterocycles. The van der Waals surface area contributed by atoms with Crippen LogP contribution in [0.25, 0.3) is 11.0 Å². The van der Waals surface area contributed by atoms with Gasteiger partial charge in [-0.2, -0.15) is 13.2 Å². The molecule has 0 radical (unpaired) electrons. The molecule has 8 nitrogen and oxygen atoms in total. The number of benzene rings is 1. The molecule has 1 saturated carbocycles. The minimum Gasteiger partial charge on any atom is -0.492 e. The van der Waals surface area contributed by atoms with Gasteiger partial charge in [-0.3, -0.25) is 0 Å². The summed E-state index contributed by atoms with van der Waals surface area (Å²) in [4.78, 5) is 8.27. The Bertz CT molecular complexity index is 1170. The van der Waals surface area contributed by atoms with Gasteiger partial charge in [0.2, 0.25) is 5.89 Å². The lowest BCUT2D eigenvalue weighted by Gasteiger charge is -2.41. The predicted molar refractivity (Wildman–Crippen MR) is 115 cm³/mol. The number of imidazole rings is 1. The molecule has 34 heavy (non-hydrogen) atoms. The van der Waals surface area contributed by atoms with E-state index >= 15 is 0 Å². The first kappa shape index (κ1) is 23.1. The van der Waals surface area contributed by atoms with Gasteiger partial charge in [0.25, 0.3) is 0 Å².